The normalized spacial score (nSPS) is 14.5. The summed E-state index contributed by atoms with van der Waals surface area (Å²) >= 11 is 0. The van der Waals surface area contributed by atoms with E-state index in [1.807, 2.05) is 0 Å². The van der Waals surface area contributed by atoms with Crippen molar-refractivity contribution in [2.75, 3.05) is 38.0 Å². The fourth-order valence-electron chi connectivity index (χ4n) is 7.33. The third-order valence-corrected chi connectivity index (χ3v) is 10.1. The van der Waals surface area contributed by atoms with Crippen molar-refractivity contribution in [2.45, 2.75) is 64.2 Å². The van der Waals surface area contributed by atoms with Crippen LogP contribution in [0.5, 0.6) is 0 Å². The van der Waals surface area contributed by atoms with Crippen molar-refractivity contribution in [3.63, 3.8) is 0 Å². The Balaban J connectivity index is 1.73. The molecule has 2 heteroatoms. The van der Waals surface area contributed by atoms with Gasteiger partial charge >= 0.3 is 0 Å². The van der Waals surface area contributed by atoms with Crippen LogP contribution in [-0.4, -0.2) is 28.2 Å². The van der Waals surface area contributed by atoms with Gasteiger partial charge in [-0.15, -0.1) is 0 Å². The Morgan fingerprint density at radius 2 is 1.00 bits per heavy atom. The number of anilines is 2. The molecule has 0 amide bonds. The average molecular weight is 595 g/mol. The standard InChI is InChI=1S/C43H50N2/c1-41(2,3)33-16-15-29-25-39-38(37(29)26-33)27-34(42(4,5)6)28-40(39)43(30-13-11-12-14-30,31-17-21-35(22-18-31)44(7)8)32-19-23-36(24-20-32)45(9)10/h11-24,26-28,30H,25H2,1-10H3. The number of nitrogens with zero attached hydrogens (tertiary/aromatic N) is 2. The predicted molar refractivity (Wildman–Crippen MR) is 195 cm³/mol. The van der Waals surface area contributed by atoms with Crippen LogP contribution in [0.25, 0.3) is 11.1 Å². The van der Waals surface area contributed by atoms with E-state index in [0.29, 0.717) is 0 Å². The molecule has 0 unspecified atom stereocenters. The highest BCUT2D eigenvalue weighted by atomic mass is 15.1. The predicted octanol–water partition coefficient (Wildman–Crippen LogP) is 10.1. The van der Waals surface area contributed by atoms with Crippen molar-refractivity contribution in [3.05, 3.63) is 142 Å². The lowest BCUT2D eigenvalue weighted by Gasteiger charge is -2.42. The van der Waals surface area contributed by atoms with Gasteiger partial charge in [0.25, 0.3) is 0 Å². The Morgan fingerprint density at radius 3 is 1.47 bits per heavy atom. The van der Waals surface area contributed by atoms with Gasteiger partial charge in [0, 0.05) is 45.5 Å². The first-order valence-electron chi connectivity index (χ1n) is 16.4. The second-order valence-electron chi connectivity index (χ2n) is 15.6. The van der Waals surface area contributed by atoms with E-state index in [1.54, 1.807) is 0 Å². The van der Waals surface area contributed by atoms with Crippen LogP contribution in [0.1, 0.15) is 80.5 Å². The van der Waals surface area contributed by atoms with Crippen LogP contribution in [0.3, 0.4) is 0 Å². The van der Waals surface area contributed by atoms with Crippen molar-refractivity contribution in [3.8, 4) is 11.1 Å². The molecule has 0 spiro atoms. The minimum absolute atomic E-state index is 0.00910. The van der Waals surface area contributed by atoms with Crippen LogP contribution < -0.4 is 9.80 Å². The molecule has 4 aromatic rings. The topological polar surface area (TPSA) is 6.48 Å². The van der Waals surface area contributed by atoms with E-state index in [1.165, 1.54) is 61.4 Å². The third-order valence-electron chi connectivity index (χ3n) is 10.1. The number of rotatable bonds is 6. The molecule has 2 nitrogen and oxygen atoms in total. The molecule has 0 aliphatic heterocycles. The molecule has 0 aromatic heterocycles. The second kappa shape index (κ2) is 11.1. The maximum atomic E-state index is 2.56. The van der Waals surface area contributed by atoms with Gasteiger partial charge in [0.15, 0.2) is 0 Å². The zero-order chi connectivity index (χ0) is 32.3. The Labute approximate surface area is 272 Å². The highest BCUT2D eigenvalue weighted by Gasteiger charge is 2.45. The molecule has 0 N–H and O–H groups in total. The summed E-state index contributed by atoms with van der Waals surface area (Å²) in [5, 5.41) is 0. The fraction of sp³-hybridized carbons (Fsp3) is 0.349. The van der Waals surface area contributed by atoms with Crippen LogP contribution in [0, 0.1) is 5.92 Å². The molecule has 0 saturated heterocycles. The monoisotopic (exact) mass is 594 g/mol. The summed E-state index contributed by atoms with van der Waals surface area (Å²) in [7, 11) is 8.47. The molecule has 2 aliphatic carbocycles. The molecule has 6 rings (SSSR count). The van der Waals surface area contributed by atoms with E-state index < -0.39 is 5.41 Å². The van der Waals surface area contributed by atoms with Gasteiger partial charge in [-0.25, -0.2) is 0 Å². The van der Waals surface area contributed by atoms with Crippen molar-refractivity contribution in [1.82, 2.24) is 0 Å². The minimum Gasteiger partial charge on any atom is -0.378 e. The third kappa shape index (κ3) is 5.33. The summed E-state index contributed by atoms with van der Waals surface area (Å²) in [4.78, 5) is 4.38. The number of hydrogen-bond donors (Lipinski definition) is 0. The van der Waals surface area contributed by atoms with Crippen molar-refractivity contribution in [2.24, 2.45) is 5.92 Å². The maximum absolute atomic E-state index is 2.56. The van der Waals surface area contributed by atoms with Crippen LogP contribution >= 0.6 is 0 Å². The van der Waals surface area contributed by atoms with Gasteiger partial charge in [-0.3, -0.25) is 0 Å². The van der Waals surface area contributed by atoms with Gasteiger partial charge in [-0.2, -0.15) is 0 Å². The lowest BCUT2D eigenvalue weighted by molar-refractivity contribution is 0.520. The van der Waals surface area contributed by atoms with E-state index in [-0.39, 0.29) is 16.7 Å². The summed E-state index contributed by atoms with van der Waals surface area (Å²) in [6.45, 7) is 14.0. The molecule has 0 atom stereocenters. The second-order valence-corrected chi connectivity index (χ2v) is 15.6. The summed E-state index contributed by atoms with van der Waals surface area (Å²) in [5.74, 6) is 0.168. The van der Waals surface area contributed by atoms with Crippen molar-refractivity contribution < 1.29 is 0 Å². The number of fused-ring (bicyclic) bond motifs is 3. The van der Waals surface area contributed by atoms with E-state index in [2.05, 4.69) is 183 Å². The van der Waals surface area contributed by atoms with Gasteiger partial charge < -0.3 is 9.80 Å². The molecular weight excluding hydrogens is 544 g/mol. The zero-order valence-electron chi connectivity index (χ0n) is 29.0. The van der Waals surface area contributed by atoms with E-state index in [0.717, 1.165) is 6.42 Å². The van der Waals surface area contributed by atoms with Gasteiger partial charge in [0.05, 0.1) is 5.41 Å². The van der Waals surface area contributed by atoms with Crippen LogP contribution in [0.2, 0.25) is 0 Å². The molecular formula is C43H50N2. The SMILES string of the molecule is CN(C)c1ccc(C(c2ccc(N(C)C)cc2)(c2cc(C(C)(C)C)cc3c2Cc2ccc(C(C)(C)C)cc2-3)C2C=CC=C2)cc1. The molecule has 0 heterocycles. The van der Waals surface area contributed by atoms with Crippen molar-refractivity contribution in [1.29, 1.82) is 0 Å². The summed E-state index contributed by atoms with van der Waals surface area (Å²) in [6.07, 6.45) is 10.2. The Morgan fingerprint density at radius 1 is 0.533 bits per heavy atom. The quantitative estimate of drug-likeness (QED) is 0.181. The van der Waals surface area contributed by atoms with Gasteiger partial charge in [0.2, 0.25) is 0 Å². The number of benzene rings is 4. The van der Waals surface area contributed by atoms with Gasteiger partial charge in [-0.05, 0) is 91.6 Å². The van der Waals surface area contributed by atoms with Gasteiger partial charge in [-0.1, -0.05) is 120 Å². The lowest BCUT2D eigenvalue weighted by Crippen LogP contribution is -2.37. The first kappa shape index (κ1) is 31.0. The highest BCUT2D eigenvalue weighted by molar-refractivity contribution is 5.81. The summed E-state index contributed by atoms with van der Waals surface area (Å²) < 4.78 is 0. The smallest absolute Gasteiger partial charge is 0.0551 e. The minimum atomic E-state index is -0.417. The van der Waals surface area contributed by atoms with Crippen LogP contribution in [0.4, 0.5) is 11.4 Å². The zero-order valence-corrected chi connectivity index (χ0v) is 29.0. The Bertz CT molecular complexity index is 1700. The largest absolute Gasteiger partial charge is 0.378 e. The highest BCUT2D eigenvalue weighted by Crippen LogP contribution is 2.54. The summed E-state index contributed by atoms with van der Waals surface area (Å²) in [5.41, 5.74) is 14.6. The van der Waals surface area contributed by atoms with Crippen LogP contribution in [0.15, 0.2) is 103 Å². The summed E-state index contributed by atoms with van der Waals surface area (Å²) in [6, 6.07) is 31.0. The van der Waals surface area contributed by atoms with E-state index >= 15 is 0 Å². The molecule has 2 aliphatic rings. The number of allylic oxidation sites excluding steroid dienone is 4. The molecule has 0 fully saturated rings. The molecule has 0 saturated carbocycles. The first-order chi connectivity index (χ1) is 21.2. The fourth-order valence-corrected chi connectivity index (χ4v) is 7.33. The van der Waals surface area contributed by atoms with E-state index in [4.69, 9.17) is 0 Å². The molecule has 0 bridgehead atoms. The molecule has 4 aromatic carbocycles. The molecule has 0 radical (unpaired) electrons. The Hall–Kier alpha value is -4.04. The van der Waals surface area contributed by atoms with Crippen molar-refractivity contribution >= 4 is 11.4 Å². The lowest BCUT2D eigenvalue weighted by atomic mass is 9.60. The molecule has 45 heavy (non-hydrogen) atoms. The van der Waals surface area contributed by atoms with E-state index in [9.17, 15) is 0 Å². The molecule has 232 valence electrons. The maximum Gasteiger partial charge on any atom is 0.0551 e. The van der Waals surface area contributed by atoms with Crippen LogP contribution in [-0.2, 0) is 22.7 Å². The first-order valence-corrected chi connectivity index (χ1v) is 16.4. The number of hydrogen-bond acceptors (Lipinski definition) is 2. The Kier molecular flexibility index (Phi) is 7.63. The average Bonchev–Trinajstić information content (AvgIpc) is 3.66. The van der Waals surface area contributed by atoms with Gasteiger partial charge in [0.1, 0.15) is 0 Å².